The molecule has 0 aromatic heterocycles. The lowest BCUT2D eigenvalue weighted by Crippen LogP contribution is -2.00. The van der Waals surface area contributed by atoms with E-state index >= 15 is 0 Å². The van der Waals surface area contributed by atoms with Crippen LogP contribution in [0.3, 0.4) is 0 Å². The smallest absolute Gasteiger partial charge is 0.139 e. The van der Waals surface area contributed by atoms with E-state index in [0.717, 1.165) is 9.13 Å². The van der Waals surface area contributed by atoms with E-state index < -0.39 is 5.38 Å². The number of halogens is 5. The first-order valence-corrected chi connectivity index (χ1v) is 8.42. The van der Waals surface area contributed by atoms with Gasteiger partial charge in [-0.25, -0.2) is 4.39 Å². The number of benzene rings is 2. The summed E-state index contributed by atoms with van der Waals surface area (Å²) in [6.07, 6.45) is 0. The summed E-state index contributed by atoms with van der Waals surface area (Å²) in [6, 6.07) is 7.78. The third kappa shape index (κ3) is 3.95. The lowest BCUT2D eigenvalue weighted by molar-refractivity contribution is 0.340. The van der Waals surface area contributed by atoms with Gasteiger partial charge in [0.15, 0.2) is 0 Å². The van der Waals surface area contributed by atoms with E-state index in [1.807, 2.05) is 29.5 Å². The summed E-state index contributed by atoms with van der Waals surface area (Å²) in [4.78, 5) is 0. The molecule has 6 heteroatoms. The lowest BCUT2D eigenvalue weighted by atomic mass is 10.0. The molecule has 0 heterocycles. The van der Waals surface area contributed by atoms with Gasteiger partial charge in [0.25, 0.3) is 0 Å². The van der Waals surface area contributed by atoms with E-state index in [1.165, 1.54) is 12.1 Å². The molecule has 0 radical (unpaired) electrons. The maximum absolute atomic E-state index is 13.2. The van der Waals surface area contributed by atoms with Crippen molar-refractivity contribution in [3.8, 4) is 5.75 Å². The maximum atomic E-state index is 13.2. The van der Waals surface area contributed by atoms with Crippen LogP contribution in [-0.2, 0) is 0 Å². The van der Waals surface area contributed by atoms with Gasteiger partial charge >= 0.3 is 0 Å². The molecule has 2 aromatic rings. The second kappa shape index (κ2) is 7.36. The average molecular weight is 460 g/mol. The summed E-state index contributed by atoms with van der Waals surface area (Å²) in [6.45, 7) is 2.36. The molecule has 0 saturated heterocycles. The first kappa shape index (κ1) is 17.1. The molecule has 2 rings (SSSR count). The van der Waals surface area contributed by atoms with E-state index in [1.54, 1.807) is 18.2 Å². The predicted octanol–water partition coefficient (Wildman–Crippen LogP) is 6.46. The van der Waals surface area contributed by atoms with Gasteiger partial charge in [0, 0.05) is 14.7 Å². The first-order chi connectivity index (χ1) is 9.93. The first-order valence-electron chi connectivity index (χ1n) is 6.14. The standard InChI is InChI=1S/C15H11Cl3FIO/c1-2-21-14-7-11(16)10(6-12(14)17)15(18)9-4-3-8(19)5-13(9)20/h3-7,15H,2H2,1H3. The molecule has 1 unspecified atom stereocenters. The molecule has 0 bridgehead atoms. The van der Waals surface area contributed by atoms with Gasteiger partial charge in [0.05, 0.1) is 17.0 Å². The highest BCUT2D eigenvalue weighted by Gasteiger charge is 2.19. The molecule has 2 aromatic carbocycles. The molecule has 0 aliphatic carbocycles. The van der Waals surface area contributed by atoms with Crippen LogP contribution in [0.5, 0.6) is 5.75 Å². The van der Waals surface area contributed by atoms with Gasteiger partial charge in [-0.3, -0.25) is 0 Å². The minimum atomic E-state index is -0.516. The minimum Gasteiger partial charge on any atom is -0.492 e. The highest BCUT2D eigenvalue weighted by Crippen LogP contribution is 2.40. The van der Waals surface area contributed by atoms with Crippen LogP contribution in [-0.4, -0.2) is 6.61 Å². The minimum absolute atomic E-state index is 0.303. The van der Waals surface area contributed by atoms with Gasteiger partial charge < -0.3 is 4.74 Å². The Morgan fingerprint density at radius 3 is 2.48 bits per heavy atom. The fourth-order valence-corrected chi connectivity index (χ4v) is 3.77. The van der Waals surface area contributed by atoms with Crippen LogP contribution in [0.15, 0.2) is 30.3 Å². The fourth-order valence-electron chi connectivity index (χ4n) is 1.88. The molecule has 112 valence electrons. The summed E-state index contributed by atoms with van der Waals surface area (Å²) in [5.41, 5.74) is 1.44. The number of rotatable bonds is 4. The van der Waals surface area contributed by atoms with Crippen molar-refractivity contribution in [1.29, 1.82) is 0 Å². The zero-order chi connectivity index (χ0) is 15.6. The summed E-state index contributed by atoms with van der Waals surface area (Å²) in [5, 5.41) is 0.389. The van der Waals surface area contributed by atoms with Gasteiger partial charge in [0.1, 0.15) is 11.6 Å². The van der Waals surface area contributed by atoms with Gasteiger partial charge in [-0.15, -0.1) is 11.6 Å². The Kier molecular flexibility index (Phi) is 6.00. The molecule has 0 aliphatic heterocycles. The van der Waals surface area contributed by atoms with Crippen molar-refractivity contribution in [2.24, 2.45) is 0 Å². The third-order valence-electron chi connectivity index (χ3n) is 2.86. The van der Waals surface area contributed by atoms with E-state index in [0.29, 0.717) is 28.0 Å². The van der Waals surface area contributed by atoms with Gasteiger partial charge in [0.2, 0.25) is 0 Å². The molecule has 0 saturated carbocycles. The summed E-state index contributed by atoms with van der Waals surface area (Å²) >= 11 is 21.0. The van der Waals surface area contributed by atoms with E-state index in [2.05, 4.69) is 0 Å². The highest BCUT2D eigenvalue weighted by atomic mass is 127. The van der Waals surface area contributed by atoms with Crippen LogP contribution in [0.2, 0.25) is 10.0 Å². The van der Waals surface area contributed by atoms with Gasteiger partial charge in [-0.05, 0) is 58.8 Å². The monoisotopic (exact) mass is 458 g/mol. The third-order valence-corrected chi connectivity index (χ3v) is 4.89. The zero-order valence-electron chi connectivity index (χ0n) is 11.0. The normalized spacial score (nSPS) is 12.3. The average Bonchev–Trinajstić information content (AvgIpc) is 2.42. The van der Waals surface area contributed by atoms with Crippen LogP contribution in [0, 0.1) is 9.39 Å². The Labute approximate surface area is 151 Å². The van der Waals surface area contributed by atoms with Crippen LogP contribution in [0.1, 0.15) is 23.4 Å². The van der Waals surface area contributed by atoms with Crippen LogP contribution < -0.4 is 4.74 Å². The fraction of sp³-hybridized carbons (Fsp3) is 0.200. The largest absolute Gasteiger partial charge is 0.492 e. The van der Waals surface area contributed by atoms with E-state index in [9.17, 15) is 4.39 Å². The summed E-state index contributed by atoms with van der Waals surface area (Å²) < 4.78 is 19.3. The Balaban J connectivity index is 2.43. The van der Waals surface area contributed by atoms with Crippen molar-refractivity contribution in [3.63, 3.8) is 0 Å². The molecule has 0 fully saturated rings. The zero-order valence-corrected chi connectivity index (χ0v) is 15.4. The van der Waals surface area contributed by atoms with E-state index in [4.69, 9.17) is 39.5 Å². The van der Waals surface area contributed by atoms with Gasteiger partial charge in [-0.2, -0.15) is 0 Å². The van der Waals surface area contributed by atoms with Crippen molar-refractivity contribution in [2.45, 2.75) is 12.3 Å². The van der Waals surface area contributed by atoms with Crippen molar-refractivity contribution in [3.05, 3.63) is 60.9 Å². The van der Waals surface area contributed by atoms with Gasteiger partial charge in [-0.1, -0.05) is 29.3 Å². The van der Waals surface area contributed by atoms with E-state index in [-0.39, 0.29) is 5.82 Å². The lowest BCUT2D eigenvalue weighted by Gasteiger charge is -2.16. The number of hydrogen-bond donors (Lipinski definition) is 0. The highest BCUT2D eigenvalue weighted by molar-refractivity contribution is 14.1. The maximum Gasteiger partial charge on any atom is 0.139 e. The van der Waals surface area contributed by atoms with Crippen LogP contribution in [0.4, 0.5) is 4.39 Å². The van der Waals surface area contributed by atoms with Crippen molar-refractivity contribution in [2.75, 3.05) is 6.61 Å². The molecule has 0 aliphatic rings. The van der Waals surface area contributed by atoms with Crippen molar-refractivity contribution >= 4 is 57.4 Å². The summed E-state index contributed by atoms with van der Waals surface area (Å²) in [7, 11) is 0. The predicted molar refractivity (Wildman–Crippen MR) is 94.4 cm³/mol. The molecule has 0 spiro atoms. The van der Waals surface area contributed by atoms with Crippen LogP contribution >= 0.6 is 57.4 Å². The number of alkyl halides is 1. The Bertz CT molecular complexity index is 664. The molecule has 0 N–H and O–H groups in total. The summed E-state index contributed by atoms with van der Waals surface area (Å²) in [5.74, 6) is 0.216. The number of ether oxygens (including phenoxy) is 1. The molecule has 1 atom stereocenters. The Hall–Kier alpha value is -0.230. The van der Waals surface area contributed by atoms with Crippen LogP contribution in [0.25, 0.3) is 0 Å². The second-order valence-corrected chi connectivity index (χ2v) is 6.68. The van der Waals surface area contributed by atoms with Crippen molar-refractivity contribution < 1.29 is 9.13 Å². The quantitative estimate of drug-likeness (QED) is 0.376. The Morgan fingerprint density at radius 2 is 1.86 bits per heavy atom. The molecule has 0 amide bonds. The Morgan fingerprint density at radius 1 is 1.14 bits per heavy atom. The topological polar surface area (TPSA) is 9.23 Å². The molecule has 1 nitrogen and oxygen atoms in total. The van der Waals surface area contributed by atoms with Crippen molar-refractivity contribution in [1.82, 2.24) is 0 Å². The SMILES string of the molecule is CCOc1cc(Cl)c(C(Cl)c2ccc(F)cc2I)cc1Cl. The number of hydrogen-bond acceptors (Lipinski definition) is 1. The molecule has 21 heavy (non-hydrogen) atoms. The molecular formula is C15H11Cl3FIO. The second-order valence-electron chi connectivity index (χ2n) is 4.27. The molecular weight excluding hydrogens is 448 g/mol.